The normalized spacial score (nSPS) is 12.5. The van der Waals surface area contributed by atoms with Gasteiger partial charge in [0.2, 0.25) is 0 Å². The molecule has 0 saturated carbocycles. The van der Waals surface area contributed by atoms with Crippen LogP contribution in [0.15, 0.2) is 35.2 Å². The zero-order chi connectivity index (χ0) is 16.4. The summed E-state index contributed by atoms with van der Waals surface area (Å²) >= 11 is 3.89. The van der Waals surface area contributed by atoms with Crippen molar-refractivity contribution in [1.29, 1.82) is 0 Å². The van der Waals surface area contributed by atoms with Crippen molar-refractivity contribution in [2.75, 3.05) is 6.61 Å². The van der Waals surface area contributed by atoms with E-state index in [1.807, 2.05) is 0 Å². The molecule has 0 bridgehead atoms. The van der Waals surface area contributed by atoms with Gasteiger partial charge in [-0.1, -0.05) is 12.1 Å². The second-order valence-electron chi connectivity index (χ2n) is 4.69. The summed E-state index contributed by atoms with van der Waals surface area (Å²) in [7, 11) is 0. The predicted octanol–water partition coefficient (Wildman–Crippen LogP) is 2.09. The van der Waals surface area contributed by atoms with E-state index in [0.29, 0.717) is 24.6 Å². The lowest BCUT2D eigenvalue weighted by molar-refractivity contribution is -0.144. The monoisotopic (exact) mass is 322 g/mol. The van der Waals surface area contributed by atoms with Crippen molar-refractivity contribution in [1.82, 2.24) is 0 Å². The van der Waals surface area contributed by atoms with Crippen LogP contribution in [0.5, 0.6) is 5.75 Å². The van der Waals surface area contributed by atoms with Crippen LogP contribution < -0.4 is 0 Å². The van der Waals surface area contributed by atoms with Crippen LogP contribution in [0.2, 0.25) is 0 Å². The molecular weight excluding hydrogens is 304 g/mol. The number of allylic oxidation sites excluding steroid dienone is 1. The molecule has 1 aromatic rings. The molecule has 5 nitrogen and oxygen atoms in total. The van der Waals surface area contributed by atoms with Crippen LogP contribution >= 0.6 is 12.6 Å². The number of benzene rings is 1. The van der Waals surface area contributed by atoms with Crippen LogP contribution in [0.1, 0.15) is 18.4 Å². The van der Waals surface area contributed by atoms with Crippen molar-refractivity contribution >= 4 is 31.2 Å². The summed E-state index contributed by atoms with van der Waals surface area (Å²) in [5.41, 5.74) is 1.23. The first kappa shape index (κ1) is 18.0. The number of phenolic OH excluding ortho intramolecular Hbond substituents is 1. The number of ether oxygens (including phenoxy) is 1. The molecule has 0 saturated heterocycles. The van der Waals surface area contributed by atoms with Crippen molar-refractivity contribution in [3.05, 3.63) is 40.8 Å². The number of hydrogen-bond donors (Lipinski definition) is 2. The van der Waals surface area contributed by atoms with E-state index in [1.165, 1.54) is 5.41 Å². The van der Waals surface area contributed by atoms with Gasteiger partial charge in [-0.15, -0.1) is 0 Å². The highest BCUT2D eigenvalue weighted by Crippen LogP contribution is 2.18. The molecule has 1 N–H and O–H groups in total. The van der Waals surface area contributed by atoms with Gasteiger partial charge in [0, 0.05) is 24.3 Å². The molecule has 0 heterocycles. The number of carbonyl (C=O) groups excluding carboxylic acids is 3. The van der Waals surface area contributed by atoms with Gasteiger partial charge in [0.05, 0.1) is 13.0 Å². The number of aromatic hydroxyl groups is 1. The fraction of sp³-hybridized carbons (Fsp3) is 0.312. The van der Waals surface area contributed by atoms with Gasteiger partial charge in [-0.05, 0) is 23.1 Å². The average Bonchev–Trinajstić information content (AvgIpc) is 2.50. The number of phenols is 1. The van der Waals surface area contributed by atoms with Crippen LogP contribution in [0.25, 0.3) is 0 Å². The largest absolute Gasteiger partial charge is 0.508 e. The summed E-state index contributed by atoms with van der Waals surface area (Å²) < 4.78 is 5.11. The molecule has 118 valence electrons. The van der Waals surface area contributed by atoms with Crippen molar-refractivity contribution in [3.8, 4) is 5.75 Å². The molecular formula is C16H18O5S. The standard InChI is InChI=1S/C16H18O5S/c17-7-5-13(14(10-18)11-22)9-16(20)21-8-6-12-1-3-15(19)4-2-12/h1-4,7,10-11,13,19,22H,5-6,8-9H2/b14-11-/t13-/m0/s1. The Labute approximate surface area is 134 Å². The SMILES string of the molecule is O=CC[C@@H](CC(=O)OCCc1ccc(O)cc1)/C(C=O)=C\S. The van der Waals surface area contributed by atoms with Gasteiger partial charge >= 0.3 is 5.97 Å². The third-order valence-electron chi connectivity index (χ3n) is 3.14. The molecule has 0 aliphatic heterocycles. The number of aldehydes is 2. The quantitative estimate of drug-likeness (QED) is 0.315. The molecule has 0 aromatic heterocycles. The summed E-state index contributed by atoms with van der Waals surface area (Å²) in [5.74, 6) is -0.800. The van der Waals surface area contributed by atoms with E-state index in [-0.39, 0.29) is 25.2 Å². The van der Waals surface area contributed by atoms with Gasteiger partial charge in [0.15, 0.2) is 0 Å². The zero-order valence-corrected chi connectivity index (χ0v) is 12.9. The Morgan fingerprint density at radius 2 is 1.95 bits per heavy atom. The van der Waals surface area contributed by atoms with Crippen molar-refractivity contribution in [2.24, 2.45) is 5.92 Å². The Balaban J connectivity index is 2.45. The van der Waals surface area contributed by atoms with Crippen molar-refractivity contribution < 1.29 is 24.2 Å². The van der Waals surface area contributed by atoms with E-state index in [4.69, 9.17) is 9.84 Å². The molecule has 0 spiro atoms. The topological polar surface area (TPSA) is 80.7 Å². The number of hydrogen-bond acceptors (Lipinski definition) is 6. The summed E-state index contributed by atoms with van der Waals surface area (Å²) in [6.45, 7) is 0.193. The second kappa shape index (κ2) is 9.78. The first-order valence-electron chi connectivity index (χ1n) is 6.77. The lowest BCUT2D eigenvalue weighted by Crippen LogP contribution is -2.16. The minimum atomic E-state index is -0.506. The third kappa shape index (κ3) is 6.13. The number of carbonyl (C=O) groups is 3. The molecule has 1 atom stereocenters. The molecule has 0 amide bonds. The number of thiol groups is 1. The summed E-state index contributed by atoms with van der Waals surface area (Å²) in [4.78, 5) is 33.2. The van der Waals surface area contributed by atoms with Gasteiger partial charge < -0.3 is 14.6 Å². The van der Waals surface area contributed by atoms with Crippen LogP contribution in [0.4, 0.5) is 0 Å². The Morgan fingerprint density at radius 3 is 2.50 bits per heavy atom. The lowest BCUT2D eigenvalue weighted by atomic mass is 9.95. The maximum absolute atomic E-state index is 11.8. The molecule has 22 heavy (non-hydrogen) atoms. The average molecular weight is 322 g/mol. The molecule has 1 aromatic carbocycles. The summed E-state index contributed by atoms with van der Waals surface area (Å²) in [6.07, 6.45) is 1.80. The highest BCUT2D eigenvalue weighted by atomic mass is 32.1. The van der Waals surface area contributed by atoms with Crippen molar-refractivity contribution in [3.63, 3.8) is 0 Å². The van der Waals surface area contributed by atoms with Gasteiger partial charge in [-0.3, -0.25) is 9.59 Å². The highest BCUT2D eigenvalue weighted by molar-refractivity contribution is 7.83. The van der Waals surface area contributed by atoms with Gasteiger partial charge in [-0.2, -0.15) is 12.6 Å². The summed E-state index contributed by atoms with van der Waals surface area (Å²) in [6, 6.07) is 6.61. The summed E-state index contributed by atoms with van der Waals surface area (Å²) in [5, 5.41) is 10.5. The van der Waals surface area contributed by atoms with E-state index in [1.54, 1.807) is 24.3 Å². The minimum Gasteiger partial charge on any atom is -0.508 e. The Morgan fingerprint density at radius 1 is 1.27 bits per heavy atom. The van der Waals surface area contributed by atoms with E-state index in [9.17, 15) is 14.4 Å². The molecule has 0 unspecified atom stereocenters. The fourth-order valence-electron chi connectivity index (χ4n) is 1.89. The van der Waals surface area contributed by atoms with Gasteiger partial charge in [0.25, 0.3) is 0 Å². The molecule has 0 aliphatic carbocycles. The fourth-order valence-corrected chi connectivity index (χ4v) is 2.16. The van der Waals surface area contributed by atoms with Gasteiger partial charge in [0.1, 0.15) is 18.3 Å². The molecule has 6 heteroatoms. The second-order valence-corrected chi connectivity index (χ2v) is 4.95. The molecule has 1 rings (SSSR count). The van der Waals surface area contributed by atoms with Crippen LogP contribution in [-0.2, 0) is 25.5 Å². The molecule has 0 fully saturated rings. The molecule has 0 radical (unpaired) electrons. The number of esters is 1. The zero-order valence-electron chi connectivity index (χ0n) is 12.0. The predicted molar refractivity (Wildman–Crippen MR) is 84.7 cm³/mol. The smallest absolute Gasteiger partial charge is 0.306 e. The first-order valence-corrected chi connectivity index (χ1v) is 7.29. The molecule has 0 aliphatic rings. The van der Waals surface area contributed by atoms with Gasteiger partial charge in [-0.25, -0.2) is 0 Å². The Bertz CT molecular complexity index is 536. The third-order valence-corrected chi connectivity index (χ3v) is 3.44. The van der Waals surface area contributed by atoms with E-state index in [2.05, 4.69) is 12.6 Å². The van der Waals surface area contributed by atoms with Crippen LogP contribution in [-0.4, -0.2) is 30.3 Å². The lowest BCUT2D eigenvalue weighted by Gasteiger charge is -2.13. The highest BCUT2D eigenvalue weighted by Gasteiger charge is 2.18. The van der Waals surface area contributed by atoms with E-state index < -0.39 is 11.9 Å². The maximum atomic E-state index is 11.8. The van der Waals surface area contributed by atoms with E-state index in [0.717, 1.165) is 5.56 Å². The first-order chi connectivity index (χ1) is 10.6. The van der Waals surface area contributed by atoms with E-state index >= 15 is 0 Å². The van der Waals surface area contributed by atoms with Crippen LogP contribution in [0, 0.1) is 5.92 Å². The number of rotatable bonds is 9. The minimum absolute atomic E-state index is 0.0422. The maximum Gasteiger partial charge on any atom is 0.306 e. The van der Waals surface area contributed by atoms with Crippen LogP contribution in [0.3, 0.4) is 0 Å². The Hall–Kier alpha value is -2.08. The Kier molecular flexibility index (Phi) is 7.99. The van der Waals surface area contributed by atoms with Crippen molar-refractivity contribution in [2.45, 2.75) is 19.3 Å².